The van der Waals surface area contributed by atoms with Crippen molar-refractivity contribution in [1.82, 2.24) is 0 Å². The van der Waals surface area contributed by atoms with Crippen LogP contribution < -0.4 is 0 Å². The van der Waals surface area contributed by atoms with E-state index in [0.717, 1.165) is 26.1 Å². The van der Waals surface area contributed by atoms with E-state index >= 15 is 0 Å². The van der Waals surface area contributed by atoms with Crippen molar-refractivity contribution in [3.63, 3.8) is 0 Å². The molecular weight excluding hydrogens is 168 g/mol. The van der Waals surface area contributed by atoms with Gasteiger partial charge in [0.1, 0.15) is 12.2 Å². The number of hydrogen-bond donors (Lipinski definition) is 0. The Morgan fingerprint density at radius 1 is 1.00 bits per heavy atom. The van der Waals surface area contributed by atoms with E-state index < -0.39 is 0 Å². The Labute approximate surface area is 80.4 Å². The standard InChI is InChI=1S/C10H20O3/c1-3-5-12-9-7-11-8-10(9)13-6-4-2/h9-10H,3-8H2,1-2H3/t9-,10+. The van der Waals surface area contributed by atoms with Crippen LogP contribution in [0, 0.1) is 0 Å². The van der Waals surface area contributed by atoms with Gasteiger partial charge in [-0.3, -0.25) is 0 Å². The van der Waals surface area contributed by atoms with E-state index in [1.807, 2.05) is 0 Å². The van der Waals surface area contributed by atoms with Crippen LogP contribution in [0.15, 0.2) is 0 Å². The van der Waals surface area contributed by atoms with Gasteiger partial charge in [-0.2, -0.15) is 0 Å². The summed E-state index contributed by atoms with van der Waals surface area (Å²) in [7, 11) is 0. The molecule has 1 fully saturated rings. The molecule has 1 rings (SSSR count). The molecule has 1 heterocycles. The lowest BCUT2D eigenvalue weighted by atomic mass is 10.2. The molecule has 0 aliphatic carbocycles. The van der Waals surface area contributed by atoms with Crippen molar-refractivity contribution in [2.24, 2.45) is 0 Å². The summed E-state index contributed by atoms with van der Waals surface area (Å²) in [5.74, 6) is 0. The summed E-state index contributed by atoms with van der Waals surface area (Å²) in [4.78, 5) is 0. The molecule has 0 radical (unpaired) electrons. The second kappa shape index (κ2) is 6.35. The predicted octanol–water partition coefficient (Wildman–Crippen LogP) is 1.61. The molecule has 0 saturated carbocycles. The molecule has 78 valence electrons. The van der Waals surface area contributed by atoms with E-state index in [0.29, 0.717) is 13.2 Å². The van der Waals surface area contributed by atoms with E-state index in [4.69, 9.17) is 14.2 Å². The second-order valence-electron chi connectivity index (χ2n) is 3.36. The van der Waals surface area contributed by atoms with Crippen LogP contribution in [0.1, 0.15) is 26.7 Å². The first-order chi connectivity index (χ1) is 6.38. The van der Waals surface area contributed by atoms with Crippen LogP contribution in [0.25, 0.3) is 0 Å². The molecule has 0 aromatic heterocycles. The van der Waals surface area contributed by atoms with Crippen LogP contribution in [0.2, 0.25) is 0 Å². The summed E-state index contributed by atoms with van der Waals surface area (Å²) in [5.41, 5.74) is 0. The zero-order valence-electron chi connectivity index (χ0n) is 8.62. The molecule has 0 aromatic rings. The van der Waals surface area contributed by atoms with Gasteiger partial charge in [-0.15, -0.1) is 0 Å². The molecule has 0 N–H and O–H groups in total. The van der Waals surface area contributed by atoms with Crippen molar-refractivity contribution < 1.29 is 14.2 Å². The smallest absolute Gasteiger partial charge is 0.109 e. The average molecular weight is 188 g/mol. The van der Waals surface area contributed by atoms with E-state index in [9.17, 15) is 0 Å². The average Bonchev–Trinajstić information content (AvgIpc) is 2.59. The lowest BCUT2D eigenvalue weighted by molar-refractivity contribution is -0.0460. The molecule has 0 unspecified atom stereocenters. The van der Waals surface area contributed by atoms with Gasteiger partial charge in [0.05, 0.1) is 13.2 Å². The molecule has 13 heavy (non-hydrogen) atoms. The van der Waals surface area contributed by atoms with Crippen LogP contribution in [-0.4, -0.2) is 38.6 Å². The van der Waals surface area contributed by atoms with Crippen molar-refractivity contribution in [3.8, 4) is 0 Å². The zero-order valence-corrected chi connectivity index (χ0v) is 8.62. The molecule has 0 amide bonds. The highest BCUT2D eigenvalue weighted by molar-refractivity contribution is 4.76. The predicted molar refractivity (Wildman–Crippen MR) is 50.9 cm³/mol. The Balaban J connectivity index is 2.18. The first-order valence-electron chi connectivity index (χ1n) is 5.19. The molecular formula is C10H20O3. The zero-order chi connectivity index (χ0) is 9.52. The highest BCUT2D eigenvalue weighted by Gasteiger charge is 2.29. The second-order valence-corrected chi connectivity index (χ2v) is 3.36. The molecule has 0 aromatic carbocycles. The fourth-order valence-corrected chi connectivity index (χ4v) is 1.36. The Kier molecular flexibility index (Phi) is 5.35. The third-order valence-electron chi connectivity index (χ3n) is 2.05. The van der Waals surface area contributed by atoms with E-state index in [1.54, 1.807) is 0 Å². The van der Waals surface area contributed by atoms with Crippen LogP contribution in [-0.2, 0) is 14.2 Å². The van der Waals surface area contributed by atoms with Crippen LogP contribution in [0.5, 0.6) is 0 Å². The van der Waals surface area contributed by atoms with Crippen LogP contribution in [0.4, 0.5) is 0 Å². The summed E-state index contributed by atoms with van der Waals surface area (Å²) >= 11 is 0. The number of ether oxygens (including phenoxy) is 3. The largest absolute Gasteiger partial charge is 0.376 e. The maximum Gasteiger partial charge on any atom is 0.109 e. The third kappa shape index (κ3) is 3.63. The van der Waals surface area contributed by atoms with Gasteiger partial charge in [-0.1, -0.05) is 13.8 Å². The van der Waals surface area contributed by atoms with Gasteiger partial charge < -0.3 is 14.2 Å². The van der Waals surface area contributed by atoms with Crippen molar-refractivity contribution in [2.45, 2.75) is 38.9 Å². The maximum atomic E-state index is 5.61. The van der Waals surface area contributed by atoms with Gasteiger partial charge >= 0.3 is 0 Å². The normalized spacial score (nSPS) is 28.2. The SMILES string of the molecule is CCCO[C@H]1COC[C@H]1OCCC. The first-order valence-corrected chi connectivity index (χ1v) is 5.19. The van der Waals surface area contributed by atoms with Crippen molar-refractivity contribution >= 4 is 0 Å². The lowest BCUT2D eigenvalue weighted by Gasteiger charge is -2.18. The van der Waals surface area contributed by atoms with Gasteiger partial charge in [-0.25, -0.2) is 0 Å². The Bertz CT molecular complexity index is 113. The molecule has 2 atom stereocenters. The van der Waals surface area contributed by atoms with E-state index in [2.05, 4.69) is 13.8 Å². The topological polar surface area (TPSA) is 27.7 Å². The molecule has 3 heteroatoms. The number of rotatable bonds is 6. The summed E-state index contributed by atoms with van der Waals surface area (Å²) in [5, 5.41) is 0. The maximum absolute atomic E-state index is 5.61. The van der Waals surface area contributed by atoms with Gasteiger partial charge in [0.15, 0.2) is 0 Å². The third-order valence-corrected chi connectivity index (χ3v) is 2.05. The van der Waals surface area contributed by atoms with Gasteiger partial charge in [0.25, 0.3) is 0 Å². The molecule has 1 saturated heterocycles. The van der Waals surface area contributed by atoms with E-state index in [-0.39, 0.29) is 12.2 Å². The van der Waals surface area contributed by atoms with Gasteiger partial charge in [-0.05, 0) is 12.8 Å². The quantitative estimate of drug-likeness (QED) is 0.633. The summed E-state index contributed by atoms with van der Waals surface area (Å²) in [6.07, 6.45) is 2.42. The van der Waals surface area contributed by atoms with Crippen molar-refractivity contribution in [3.05, 3.63) is 0 Å². The Morgan fingerprint density at radius 3 is 1.85 bits per heavy atom. The monoisotopic (exact) mass is 188 g/mol. The molecule has 1 aliphatic rings. The molecule has 1 aliphatic heterocycles. The van der Waals surface area contributed by atoms with Gasteiger partial charge in [0, 0.05) is 13.2 Å². The highest BCUT2D eigenvalue weighted by atomic mass is 16.6. The number of hydrogen-bond acceptors (Lipinski definition) is 3. The minimum Gasteiger partial charge on any atom is -0.376 e. The van der Waals surface area contributed by atoms with Crippen molar-refractivity contribution in [2.75, 3.05) is 26.4 Å². The summed E-state index contributed by atoms with van der Waals surface area (Å²) < 4.78 is 16.5. The fourth-order valence-electron chi connectivity index (χ4n) is 1.36. The van der Waals surface area contributed by atoms with Crippen molar-refractivity contribution in [1.29, 1.82) is 0 Å². The van der Waals surface area contributed by atoms with Crippen LogP contribution >= 0.6 is 0 Å². The van der Waals surface area contributed by atoms with Gasteiger partial charge in [0.2, 0.25) is 0 Å². The highest BCUT2D eigenvalue weighted by Crippen LogP contribution is 2.13. The first kappa shape index (κ1) is 11.0. The Hall–Kier alpha value is -0.120. The lowest BCUT2D eigenvalue weighted by Crippen LogP contribution is -2.30. The Morgan fingerprint density at radius 2 is 1.46 bits per heavy atom. The summed E-state index contributed by atoms with van der Waals surface area (Å²) in [6.45, 7) is 7.21. The fraction of sp³-hybridized carbons (Fsp3) is 1.00. The van der Waals surface area contributed by atoms with E-state index in [1.165, 1.54) is 0 Å². The molecule has 0 spiro atoms. The van der Waals surface area contributed by atoms with Crippen LogP contribution in [0.3, 0.4) is 0 Å². The molecule has 3 nitrogen and oxygen atoms in total. The molecule has 0 bridgehead atoms. The minimum atomic E-state index is 0.159. The minimum absolute atomic E-state index is 0.159. The summed E-state index contributed by atoms with van der Waals surface area (Å²) in [6, 6.07) is 0.